The minimum Gasteiger partial charge on any atom is -0.320 e. The number of hydrogen-bond donors (Lipinski definition) is 1. The molecule has 0 radical (unpaired) electrons. The fraction of sp³-hybridized carbons (Fsp3) is 0.250. The van der Waals surface area contributed by atoms with E-state index in [1.165, 1.54) is 6.07 Å². The van der Waals surface area contributed by atoms with Crippen molar-refractivity contribution in [2.45, 2.75) is 32.6 Å². The van der Waals surface area contributed by atoms with Gasteiger partial charge in [-0.15, -0.1) is 4.98 Å². The molecule has 144 valence electrons. The van der Waals surface area contributed by atoms with E-state index in [-0.39, 0.29) is 0 Å². The van der Waals surface area contributed by atoms with Crippen molar-refractivity contribution in [3.05, 3.63) is 66.4 Å². The molecule has 5 nitrogen and oxygen atoms in total. The number of alkyl halides is 3. The number of rotatable bonds is 5. The minimum atomic E-state index is -4.39. The summed E-state index contributed by atoms with van der Waals surface area (Å²) in [6.45, 7) is 3.33. The second-order valence-corrected chi connectivity index (χ2v) is 6.56. The van der Waals surface area contributed by atoms with E-state index in [4.69, 9.17) is 0 Å². The lowest BCUT2D eigenvalue weighted by atomic mass is 10.1. The molecule has 28 heavy (non-hydrogen) atoms. The number of imidazole rings is 2. The van der Waals surface area contributed by atoms with Crippen LogP contribution in [0.3, 0.4) is 0 Å². The number of benzene rings is 1. The van der Waals surface area contributed by atoms with Gasteiger partial charge in [0, 0.05) is 18.0 Å². The van der Waals surface area contributed by atoms with E-state index >= 15 is 0 Å². The molecular weight excluding hydrogens is 367 g/mol. The van der Waals surface area contributed by atoms with Gasteiger partial charge in [0.2, 0.25) is 5.82 Å². The molecule has 3 aromatic heterocycles. The predicted molar refractivity (Wildman–Crippen MR) is 98.3 cm³/mol. The molecular formula is C20H19F3N5+. The summed E-state index contributed by atoms with van der Waals surface area (Å²) in [6, 6.07) is 9.06. The van der Waals surface area contributed by atoms with Crippen molar-refractivity contribution in [2.75, 3.05) is 0 Å². The highest BCUT2D eigenvalue weighted by molar-refractivity contribution is 5.66. The number of hydrogen-bond acceptors (Lipinski definition) is 2. The lowest BCUT2D eigenvalue weighted by Crippen LogP contribution is -2.38. The van der Waals surface area contributed by atoms with E-state index < -0.39 is 11.7 Å². The van der Waals surface area contributed by atoms with Gasteiger partial charge in [-0.2, -0.15) is 13.2 Å². The number of nitrogens with zero attached hydrogens (tertiary/aromatic N) is 4. The van der Waals surface area contributed by atoms with Crippen molar-refractivity contribution in [2.24, 2.45) is 0 Å². The first-order valence-electron chi connectivity index (χ1n) is 9.01. The van der Waals surface area contributed by atoms with Crippen LogP contribution in [-0.4, -0.2) is 19.5 Å². The van der Waals surface area contributed by atoms with E-state index in [0.29, 0.717) is 17.9 Å². The number of aromatic amines is 1. The molecule has 0 saturated heterocycles. The van der Waals surface area contributed by atoms with Crippen LogP contribution in [0.25, 0.3) is 22.6 Å². The Hall–Kier alpha value is -3.16. The molecule has 0 bridgehead atoms. The molecule has 4 rings (SSSR count). The Morgan fingerprint density at radius 1 is 1.11 bits per heavy atom. The standard InChI is InChI=1S/C20H18F3N5/c1-2-10-28-17(26-16-7-4-8-24-19(16)28)13-27-11-9-25-18(27)14-5-3-6-15(12-14)20(21,22)23/h3-9,11-12H,2,10,13H2,1H3/p+1. The van der Waals surface area contributed by atoms with E-state index in [1.807, 2.05) is 16.7 Å². The second-order valence-electron chi connectivity index (χ2n) is 6.56. The van der Waals surface area contributed by atoms with Gasteiger partial charge in [0.1, 0.15) is 18.6 Å². The van der Waals surface area contributed by atoms with Gasteiger partial charge in [0.15, 0.2) is 5.52 Å². The maximum atomic E-state index is 13.1. The van der Waals surface area contributed by atoms with Crippen LogP contribution in [0.5, 0.6) is 0 Å². The minimum absolute atomic E-state index is 0.427. The predicted octanol–water partition coefficient (Wildman–Crippen LogP) is 4.19. The summed E-state index contributed by atoms with van der Waals surface area (Å²) < 4.78 is 43.2. The van der Waals surface area contributed by atoms with E-state index in [1.54, 1.807) is 24.7 Å². The molecule has 3 heterocycles. The van der Waals surface area contributed by atoms with E-state index in [9.17, 15) is 13.2 Å². The number of halogens is 3. The van der Waals surface area contributed by atoms with Crippen LogP contribution in [0.2, 0.25) is 0 Å². The first-order valence-corrected chi connectivity index (χ1v) is 9.01. The molecule has 4 aromatic rings. The van der Waals surface area contributed by atoms with Crippen LogP contribution in [0.15, 0.2) is 55.0 Å². The number of aryl methyl sites for hydroxylation is 1. The van der Waals surface area contributed by atoms with Gasteiger partial charge in [0.05, 0.1) is 12.1 Å². The largest absolute Gasteiger partial charge is 0.416 e. The maximum absolute atomic E-state index is 13.1. The fourth-order valence-electron chi connectivity index (χ4n) is 3.34. The molecule has 1 aromatic carbocycles. The molecule has 0 aliphatic heterocycles. The topological polar surface area (TPSA) is 50.4 Å². The van der Waals surface area contributed by atoms with Crippen LogP contribution in [0.1, 0.15) is 24.7 Å². The number of fused-ring (bicyclic) bond motifs is 1. The van der Waals surface area contributed by atoms with Crippen molar-refractivity contribution < 1.29 is 17.7 Å². The number of aromatic nitrogens is 5. The number of nitrogens with one attached hydrogen (secondary N) is 1. The van der Waals surface area contributed by atoms with Crippen molar-refractivity contribution in [3.63, 3.8) is 0 Å². The summed E-state index contributed by atoms with van der Waals surface area (Å²) in [4.78, 5) is 12.1. The third-order valence-electron chi connectivity index (χ3n) is 4.58. The SMILES string of the molecule is CCC[n+]1c(Cn2ccnc2-c2cccc(C(F)(F)F)c2)[nH]c2cccnc21. The Balaban J connectivity index is 1.74. The third-order valence-corrected chi connectivity index (χ3v) is 4.58. The smallest absolute Gasteiger partial charge is 0.320 e. The summed E-state index contributed by atoms with van der Waals surface area (Å²) in [5.41, 5.74) is 1.53. The highest BCUT2D eigenvalue weighted by Crippen LogP contribution is 2.31. The Morgan fingerprint density at radius 2 is 1.96 bits per heavy atom. The quantitative estimate of drug-likeness (QED) is 0.523. The Bertz CT molecular complexity index is 1110. The van der Waals surface area contributed by atoms with Gasteiger partial charge in [-0.3, -0.25) is 4.98 Å². The monoisotopic (exact) mass is 386 g/mol. The maximum Gasteiger partial charge on any atom is 0.416 e. The Morgan fingerprint density at radius 3 is 2.75 bits per heavy atom. The van der Waals surface area contributed by atoms with Crippen LogP contribution in [0, 0.1) is 0 Å². The van der Waals surface area contributed by atoms with Crippen LogP contribution < -0.4 is 4.57 Å². The zero-order chi connectivity index (χ0) is 19.7. The first kappa shape index (κ1) is 18.2. The highest BCUT2D eigenvalue weighted by Gasteiger charge is 2.30. The average Bonchev–Trinajstić information content (AvgIpc) is 3.27. The van der Waals surface area contributed by atoms with E-state index in [2.05, 4.69) is 26.4 Å². The number of H-pyrrole nitrogens is 1. The van der Waals surface area contributed by atoms with Gasteiger partial charge in [-0.05, 0) is 30.7 Å². The summed E-state index contributed by atoms with van der Waals surface area (Å²) in [5.74, 6) is 1.41. The second kappa shape index (κ2) is 7.10. The lowest BCUT2D eigenvalue weighted by molar-refractivity contribution is -0.680. The normalized spacial score (nSPS) is 12.0. The molecule has 0 fully saturated rings. The Kier molecular flexibility index (Phi) is 4.62. The fourth-order valence-corrected chi connectivity index (χ4v) is 3.34. The zero-order valence-corrected chi connectivity index (χ0v) is 15.2. The van der Waals surface area contributed by atoms with Gasteiger partial charge in [-0.1, -0.05) is 19.1 Å². The first-order chi connectivity index (χ1) is 13.5. The van der Waals surface area contributed by atoms with Crippen molar-refractivity contribution in [1.29, 1.82) is 0 Å². The molecule has 8 heteroatoms. The van der Waals surface area contributed by atoms with Crippen LogP contribution >= 0.6 is 0 Å². The number of pyridine rings is 1. The molecule has 0 aliphatic rings. The molecule has 0 spiro atoms. The summed E-state index contributed by atoms with van der Waals surface area (Å²) in [6.07, 6.45) is 1.66. The van der Waals surface area contributed by atoms with Gasteiger partial charge in [0.25, 0.3) is 0 Å². The third kappa shape index (κ3) is 3.37. The van der Waals surface area contributed by atoms with E-state index in [0.717, 1.165) is 42.1 Å². The summed E-state index contributed by atoms with van der Waals surface area (Å²) >= 11 is 0. The molecule has 0 amide bonds. The van der Waals surface area contributed by atoms with Gasteiger partial charge >= 0.3 is 11.8 Å². The van der Waals surface area contributed by atoms with Gasteiger partial charge in [-0.25, -0.2) is 9.55 Å². The average molecular weight is 386 g/mol. The van der Waals surface area contributed by atoms with Crippen LogP contribution in [0.4, 0.5) is 13.2 Å². The highest BCUT2D eigenvalue weighted by atomic mass is 19.4. The Labute approximate surface area is 159 Å². The summed E-state index contributed by atoms with van der Waals surface area (Å²) in [7, 11) is 0. The molecule has 1 N–H and O–H groups in total. The van der Waals surface area contributed by atoms with Crippen LogP contribution in [-0.2, 0) is 19.3 Å². The van der Waals surface area contributed by atoms with Crippen molar-refractivity contribution in [3.8, 4) is 11.4 Å². The zero-order valence-electron chi connectivity index (χ0n) is 15.2. The molecule has 0 aliphatic carbocycles. The summed E-state index contributed by atoms with van der Waals surface area (Å²) in [5, 5.41) is 0. The molecule has 0 saturated carbocycles. The molecule has 0 unspecified atom stereocenters. The van der Waals surface area contributed by atoms with Gasteiger partial charge < -0.3 is 4.57 Å². The van der Waals surface area contributed by atoms with Crippen molar-refractivity contribution in [1.82, 2.24) is 19.5 Å². The lowest BCUT2D eigenvalue weighted by Gasteiger charge is -2.10. The van der Waals surface area contributed by atoms with Crippen molar-refractivity contribution >= 4 is 11.2 Å². The molecule has 0 atom stereocenters.